The van der Waals surface area contributed by atoms with E-state index < -0.39 is 15.9 Å². The van der Waals surface area contributed by atoms with Crippen LogP contribution >= 0.6 is 15.9 Å². The van der Waals surface area contributed by atoms with E-state index in [0.717, 1.165) is 12.8 Å². The van der Waals surface area contributed by atoms with Crippen LogP contribution in [0.4, 0.5) is 5.69 Å². The van der Waals surface area contributed by atoms with E-state index in [1.54, 1.807) is 18.2 Å². The molecule has 1 aliphatic heterocycles. The second-order valence-electron chi connectivity index (χ2n) is 6.09. The Kier molecular flexibility index (Phi) is 5.73. The Morgan fingerprint density at radius 2 is 1.89 bits per heavy atom. The van der Waals surface area contributed by atoms with Crippen LogP contribution in [0, 0.1) is 0 Å². The first-order valence-electron chi connectivity index (χ1n) is 8.31. The van der Waals surface area contributed by atoms with Crippen molar-refractivity contribution >= 4 is 37.5 Å². The molecule has 2 aromatic rings. The van der Waals surface area contributed by atoms with Gasteiger partial charge in [-0.3, -0.25) is 4.79 Å². The number of rotatable bonds is 5. The van der Waals surface area contributed by atoms with Gasteiger partial charge in [0, 0.05) is 17.6 Å². The number of amides is 1. The Morgan fingerprint density at radius 1 is 1.19 bits per heavy atom. The van der Waals surface area contributed by atoms with Crippen molar-refractivity contribution < 1.29 is 23.1 Å². The average molecular weight is 455 g/mol. The molecule has 0 saturated carbocycles. The van der Waals surface area contributed by atoms with Gasteiger partial charge in [0.15, 0.2) is 0 Å². The van der Waals surface area contributed by atoms with E-state index in [-0.39, 0.29) is 16.3 Å². The molecule has 27 heavy (non-hydrogen) atoms. The van der Waals surface area contributed by atoms with Crippen LogP contribution in [-0.2, 0) is 10.0 Å². The van der Waals surface area contributed by atoms with E-state index in [0.29, 0.717) is 28.9 Å². The number of sulfonamides is 1. The Labute approximate surface area is 166 Å². The van der Waals surface area contributed by atoms with Crippen molar-refractivity contribution in [1.29, 1.82) is 0 Å². The van der Waals surface area contributed by atoms with Crippen LogP contribution in [0.15, 0.2) is 45.8 Å². The number of halogens is 1. The lowest BCUT2D eigenvalue weighted by atomic mass is 10.2. The lowest BCUT2D eigenvalue weighted by molar-refractivity contribution is 0.102. The minimum atomic E-state index is -3.66. The van der Waals surface area contributed by atoms with Crippen LogP contribution in [0.2, 0.25) is 0 Å². The lowest BCUT2D eigenvalue weighted by Crippen LogP contribution is -2.28. The molecule has 9 heteroatoms. The van der Waals surface area contributed by atoms with Crippen LogP contribution in [0.1, 0.15) is 23.2 Å². The smallest absolute Gasteiger partial charge is 0.257 e. The SMILES string of the molecule is COc1ccc(Br)c(C(=O)Nc2cc(S(=O)(=O)N3CCCC3)ccc2O)c1. The summed E-state index contributed by atoms with van der Waals surface area (Å²) >= 11 is 3.30. The van der Waals surface area contributed by atoms with Crippen molar-refractivity contribution in [3.05, 3.63) is 46.4 Å². The summed E-state index contributed by atoms with van der Waals surface area (Å²) in [6.45, 7) is 0.948. The van der Waals surface area contributed by atoms with Gasteiger partial charge in [0.05, 0.1) is 23.3 Å². The van der Waals surface area contributed by atoms with E-state index in [1.165, 1.54) is 29.6 Å². The molecule has 2 N–H and O–H groups in total. The van der Waals surface area contributed by atoms with Crippen molar-refractivity contribution in [2.24, 2.45) is 0 Å². The highest BCUT2D eigenvalue weighted by Gasteiger charge is 2.28. The maximum Gasteiger partial charge on any atom is 0.257 e. The number of carbonyl (C=O) groups excluding carboxylic acids is 1. The number of nitrogens with zero attached hydrogens (tertiary/aromatic N) is 1. The first-order valence-corrected chi connectivity index (χ1v) is 10.5. The highest BCUT2D eigenvalue weighted by molar-refractivity contribution is 9.10. The van der Waals surface area contributed by atoms with Gasteiger partial charge in [-0.05, 0) is 65.2 Å². The van der Waals surface area contributed by atoms with Crippen LogP contribution in [-0.4, -0.2) is 43.9 Å². The Balaban J connectivity index is 1.90. The Morgan fingerprint density at radius 3 is 2.56 bits per heavy atom. The van der Waals surface area contributed by atoms with Gasteiger partial charge in [-0.25, -0.2) is 8.42 Å². The summed E-state index contributed by atoms with van der Waals surface area (Å²) in [4.78, 5) is 12.6. The largest absolute Gasteiger partial charge is 0.506 e. The molecule has 7 nitrogen and oxygen atoms in total. The number of phenols is 1. The second kappa shape index (κ2) is 7.87. The summed E-state index contributed by atoms with van der Waals surface area (Å²) in [5.41, 5.74) is 0.316. The third-order valence-electron chi connectivity index (χ3n) is 4.34. The lowest BCUT2D eigenvalue weighted by Gasteiger charge is -2.17. The summed E-state index contributed by atoms with van der Waals surface area (Å²) in [5.74, 6) is -0.229. The molecule has 0 aromatic heterocycles. The number of methoxy groups -OCH3 is 1. The maximum absolute atomic E-state index is 12.7. The Hall–Kier alpha value is -2.10. The number of benzene rings is 2. The monoisotopic (exact) mass is 454 g/mol. The van der Waals surface area contributed by atoms with E-state index >= 15 is 0 Å². The van der Waals surface area contributed by atoms with Gasteiger partial charge in [0.2, 0.25) is 10.0 Å². The van der Waals surface area contributed by atoms with Crippen molar-refractivity contribution in [3.63, 3.8) is 0 Å². The fourth-order valence-corrected chi connectivity index (χ4v) is 4.82. The highest BCUT2D eigenvalue weighted by atomic mass is 79.9. The number of anilines is 1. The average Bonchev–Trinajstić information content (AvgIpc) is 3.19. The van der Waals surface area contributed by atoms with Gasteiger partial charge in [0.1, 0.15) is 11.5 Å². The molecule has 144 valence electrons. The maximum atomic E-state index is 12.7. The molecule has 1 amide bonds. The van der Waals surface area contributed by atoms with E-state index in [9.17, 15) is 18.3 Å². The topological polar surface area (TPSA) is 95.9 Å². The number of hydrogen-bond donors (Lipinski definition) is 2. The number of hydrogen-bond acceptors (Lipinski definition) is 5. The first kappa shape index (κ1) is 19.7. The molecule has 0 atom stereocenters. The number of ether oxygens (including phenoxy) is 1. The van der Waals surface area contributed by atoms with Crippen molar-refractivity contribution in [1.82, 2.24) is 4.31 Å². The summed E-state index contributed by atoms with van der Waals surface area (Å²) < 4.78 is 32.5. The van der Waals surface area contributed by atoms with Crippen molar-refractivity contribution in [3.8, 4) is 11.5 Å². The van der Waals surface area contributed by atoms with Crippen molar-refractivity contribution in [2.75, 3.05) is 25.5 Å². The molecular formula is C18H19BrN2O5S. The normalized spacial score (nSPS) is 14.9. The summed E-state index contributed by atoms with van der Waals surface area (Å²) in [6.07, 6.45) is 1.65. The standard InChI is InChI=1S/C18H19BrN2O5S/c1-26-12-4-6-15(19)14(10-12)18(23)20-16-11-13(5-7-17(16)22)27(24,25)21-8-2-3-9-21/h4-7,10-11,22H,2-3,8-9H2,1H3,(H,20,23). The molecule has 1 fully saturated rings. The molecule has 3 rings (SSSR count). The Bertz CT molecular complexity index is 972. The van der Waals surface area contributed by atoms with Gasteiger partial charge in [-0.1, -0.05) is 0 Å². The summed E-state index contributed by atoms with van der Waals surface area (Å²) in [7, 11) is -2.17. The van der Waals surface area contributed by atoms with Gasteiger partial charge >= 0.3 is 0 Å². The molecule has 0 spiro atoms. The predicted octanol–water partition coefficient (Wildman–Crippen LogP) is 3.20. The van der Waals surface area contributed by atoms with Gasteiger partial charge in [-0.15, -0.1) is 0 Å². The van der Waals surface area contributed by atoms with Gasteiger partial charge in [0.25, 0.3) is 5.91 Å². The zero-order valence-corrected chi connectivity index (χ0v) is 17.0. The summed E-state index contributed by atoms with van der Waals surface area (Å²) in [6, 6.07) is 8.78. The third-order valence-corrected chi connectivity index (χ3v) is 6.92. The van der Waals surface area contributed by atoms with Gasteiger partial charge in [-0.2, -0.15) is 4.31 Å². The zero-order valence-electron chi connectivity index (χ0n) is 14.6. The quantitative estimate of drug-likeness (QED) is 0.676. The predicted molar refractivity (Wildman–Crippen MR) is 105 cm³/mol. The van der Waals surface area contributed by atoms with Crippen LogP contribution in [0.25, 0.3) is 0 Å². The molecule has 1 heterocycles. The fraction of sp³-hybridized carbons (Fsp3) is 0.278. The molecule has 1 saturated heterocycles. The fourth-order valence-electron chi connectivity index (χ4n) is 2.85. The van der Waals surface area contributed by atoms with Crippen LogP contribution in [0.3, 0.4) is 0 Å². The van der Waals surface area contributed by atoms with Gasteiger partial charge < -0.3 is 15.2 Å². The van der Waals surface area contributed by atoms with E-state index in [4.69, 9.17) is 4.74 Å². The molecule has 2 aromatic carbocycles. The minimum absolute atomic E-state index is 0.0231. The van der Waals surface area contributed by atoms with E-state index in [2.05, 4.69) is 21.2 Å². The molecule has 0 unspecified atom stereocenters. The third kappa shape index (κ3) is 4.10. The molecule has 0 aliphatic carbocycles. The summed E-state index contributed by atoms with van der Waals surface area (Å²) in [5, 5.41) is 12.6. The van der Waals surface area contributed by atoms with Crippen LogP contribution < -0.4 is 10.1 Å². The minimum Gasteiger partial charge on any atom is -0.506 e. The number of phenolic OH excluding ortho intramolecular Hbond substituents is 1. The zero-order chi connectivity index (χ0) is 19.6. The molecular weight excluding hydrogens is 436 g/mol. The molecule has 0 bridgehead atoms. The molecule has 0 radical (unpaired) electrons. The molecule has 1 aliphatic rings. The van der Waals surface area contributed by atoms with Crippen molar-refractivity contribution in [2.45, 2.75) is 17.7 Å². The first-order chi connectivity index (χ1) is 12.8. The number of carbonyl (C=O) groups is 1. The van der Waals surface area contributed by atoms with Crippen LogP contribution in [0.5, 0.6) is 11.5 Å². The number of nitrogens with one attached hydrogen (secondary N) is 1. The van der Waals surface area contributed by atoms with E-state index in [1.807, 2.05) is 0 Å². The second-order valence-corrected chi connectivity index (χ2v) is 8.88. The highest BCUT2D eigenvalue weighted by Crippen LogP contribution is 2.30. The number of aromatic hydroxyl groups is 1.